The molecule has 0 heterocycles. The predicted octanol–water partition coefficient (Wildman–Crippen LogP) is 3.22. The van der Waals surface area contributed by atoms with Crippen LogP contribution in [0.1, 0.15) is 24.2 Å². The van der Waals surface area contributed by atoms with Crippen LogP contribution in [-0.2, 0) is 10.8 Å². The summed E-state index contributed by atoms with van der Waals surface area (Å²) >= 11 is 0. The standard InChI is InChI=1S/C15H16O2S/c1-11-7-9-13(10-8-11)18(17)15-6-4-3-5-14(15)12(2)16/h3-10,12,16H,1-2H3/t12-,18?/m1/s1. The number of aliphatic hydroxyl groups excluding tert-OH is 1. The fraction of sp³-hybridized carbons (Fsp3) is 0.200. The van der Waals surface area contributed by atoms with Crippen LogP contribution in [0.3, 0.4) is 0 Å². The molecule has 2 atom stereocenters. The molecule has 2 rings (SSSR count). The molecule has 0 amide bonds. The molecule has 0 fully saturated rings. The van der Waals surface area contributed by atoms with Crippen LogP contribution in [0.2, 0.25) is 0 Å². The molecule has 0 aliphatic rings. The minimum atomic E-state index is -1.25. The monoisotopic (exact) mass is 260 g/mol. The van der Waals surface area contributed by atoms with E-state index >= 15 is 0 Å². The topological polar surface area (TPSA) is 37.3 Å². The Morgan fingerprint density at radius 3 is 2.28 bits per heavy atom. The Morgan fingerprint density at radius 2 is 1.67 bits per heavy atom. The molecule has 1 N–H and O–H groups in total. The molecule has 2 aromatic carbocycles. The van der Waals surface area contributed by atoms with E-state index in [1.165, 1.54) is 0 Å². The van der Waals surface area contributed by atoms with Gasteiger partial charge in [0.25, 0.3) is 0 Å². The van der Waals surface area contributed by atoms with Crippen LogP contribution >= 0.6 is 0 Å². The highest BCUT2D eigenvalue weighted by Gasteiger charge is 2.14. The lowest BCUT2D eigenvalue weighted by Crippen LogP contribution is -2.01. The lowest BCUT2D eigenvalue weighted by molar-refractivity contribution is 0.196. The number of hydrogen-bond donors (Lipinski definition) is 1. The zero-order valence-corrected chi connectivity index (χ0v) is 11.3. The highest BCUT2D eigenvalue weighted by atomic mass is 32.2. The van der Waals surface area contributed by atoms with Crippen molar-refractivity contribution in [2.45, 2.75) is 29.7 Å². The van der Waals surface area contributed by atoms with Gasteiger partial charge in [0.1, 0.15) is 0 Å². The van der Waals surface area contributed by atoms with Crippen molar-refractivity contribution in [3.05, 3.63) is 59.7 Å². The number of benzene rings is 2. The first-order chi connectivity index (χ1) is 8.59. The Hall–Kier alpha value is -1.45. The van der Waals surface area contributed by atoms with Gasteiger partial charge >= 0.3 is 0 Å². The van der Waals surface area contributed by atoms with Crippen molar-refractivity contribution < 1.29 is 9.32 Å². The summed E-state index contributed by atoms with van der Waals surface area (Å²) in [5.74, 6) is 0. The summed E-state index contributed by atoms with van der Waals surface area (Å²) in [5, 5.41) is 9.71. The Labute approximate surface area is 110 Å². The summed E-state index contributed by atoms with van der Waals surface area (Å²) in [6.07, 6.45) is -0.615. The van der Waals surface area contributed by atoms with Gasteiger partial charge in [0, 0.05) is 9.79 Å². The van der Waals surface area contributed by atoms with Crippen molar-refractivity contribution in [3.8, 4) is 0 Å². The lowest BCUT2D eigenvalue weighted by Gasteiger charge is -2.11. The number of aryl methyl sites for hydroxylation is 1. The third-order valence-corrected chi connectivity index (χ3v) is 4.28. The molecule has 1 unspecified atom stereocenters. The number of hydrogen-bond acceptors (Lipinski definition) is 2. The third-order valence-electron chi connectivity index (χ3n) is 2.80. The van der Waals surface area contributed by atoms with Gasteiger partial charge in [-0.15, -0.1) is 0 Å². The van der Waals surface area contributed by atoms with E-state index in [0.717, 1.165) is 16.0 Å². The van der Waals surface area contributed by atoms with Gasteiger partial charge in [-0.1, -0.05) is 35.9 Å². The second kappa shape index (κ2) is 5.46. The van der Waals surface area contributed by atoms with Crippen LogP contribution in [0, 0.1) is 6.92 Å². The first kappa shape index (κ1) is 13.0. The molecule has 0 aliphatic heterocycles. The van der Waals surface area contributed by atoms with Crippen molar-refractivity contribution >= 4 is 10.8 Å². The maximum Gasteiger partial charge on any atom is 0.0853 e. The normalized spacial score (nSPS) is 14.2. The van der Waals surface area contributed by atoms with Crippen LogP contribution in [0.4, 0.5) is 0 Å². The molecule has 0 spiro atoms. The average Bonchev–Trinajstić information content (AvgIpc) is 2.39. The zero-order chi connectivity index (χ0) is 13.1. The maximum atomic E-state index is 12.5. The summed E-state index contributed by atoms with van der Waals surface area (Å²) < 4.78 is 12.5. The molecule has 0 saturated carbocycles. The van der Waals surface area contributed by atoms with E-state index in [-0.39, 0.29) is 0 Å². The number of rotatable bonds is 3. The maximum absolute atomic E-state index is 12.5. The molecule has 18 heavy (non-hydrogen) atoms. The molecular formula is C15H16O2S. The Bertz CT molecular complexity index is 559. The first-order valence-electron chi connectivity index (χ1n) is 5.85. The summed E-state index contributed by atoms with van der Waals surface area (Å²) in [4.78, 5) is 1.44. The van der Waals surface area contributed by atoms with Gasteiger partial charge in [-0.05, 0) is 37.6 Å². The molecule has 94 valence electrons. The van der Waals surface area contributed by atoms with Gasteiger partial charge in [0.15, 0.2) is 0 Å². The van der Waals surface area contributed by atoms with Crippen molar-refractivity contribution in [1.82, 2.24) is 0 Å². The second-order valence-electron chi connectivity index (χ2n) is 4.30. The van der Waals surface area contributed by atoms with Crippen molar-refractivity contribution in [1.29, 1.82) is 0 Å². The molecule has 2 aromatic rings. The quantitative estimate of drug-likeness (QED) is 0.920. The molecule has 0 saturated heterocycles. The smallest absolute Gasteiger partial charge is 0.0853 e. The Balaban J connectivity index is 2.43. The van der Waals surface area contributed by atoms with Crippen LogP contribution in [0.5, 0.6) is 0 Å². The number of aliphatic hydroxyl groups is 1. The Kier molecular flexibility index (Phi) is 3.94. The van der Waals surface area contributed by atoms with Crippen molar-refractivity contribution in [2.24, 2.45) is 0 Å². The van der Waals surface area contributed by atoms with Gasteiger partial charge in [0.05, 0.1) is 16.9 Å². The Morgan fingerprint density at radius 1 is 1.06 bits per heavy atom. The largest absolute Gasteiger partial charge is 0.389 e. The van der Waals surface area contributed by atoms with Crippen LogP contribution < -0.4 is 0 Å². The van der Waals surface area contributed by atoms with E-state index < -0.39 is 16.9 Å². The SMILES string of the molecule is Cc1ccc(S(=O)c2ccccc2[C@@H](C)O)cc1. The van der Waals surface area contributed by atoms with Crippen LogP contribution in [0.25, 0.3) is 0 Å². The predicted molar refractivity (Wildman–Crippen MR) is 72.9 cm³/mol. The van der Waals surface area contributed by atoms with Crippen LogP contribution in [0.15, 0.2) is 58.3 Å². The van der Waals surface area contributed by atoms with Crippen LogP contribution in [-0.4, -0.2) is 9.32 Å². The summed E-state index contributed by atoms with van der Waals surface area (Å²) in [6, 6.07) is 14.9. The van der Waals surface area contributed by atoms with Gasteiger partial charge in [-0.2, -0.15) is 0 Å². The molecule has 0 bridgehead atoms. The van der Waals surface area contributed by atoms with Gasteiger partial charge in [-0.25, -0.2) is 4.21 Å². The van der Waals surface area contributed by atoms with Gasteiger partial charge < -0.3 is 5.11 Å². The summed E-state index contributed by atoms with van der Waals surface area (Å²) in [7, 11) is -1.25. The van der Waals surface area contributed by atoms with E-state index in [1.807, 2.05) is 49.4 Å². The van der Waals surface area contributed by atoms with E-state index in [0.29, 0.717) is 4.90 Å². The van der Waals surface area contributed by atoms with Gasteiger partial charge in [-0.3, -0.25) is 0 Å². The minimum Gasteiger partial charge on any atom is -0.389 e. The van der Waals surface area contributed by atoms with E-state index in [1.54, 1.807) is 13.0 Å². The zero-order valence-electron chi connectivity index (χ0n) is 10.5. The summed E-state index contributed by atoms with van der Waals surface area (Å²) in [5.41, 5.74) is 1.86. The highest BCUT2D eigenvalue weighted by molar-refractivity contribution is 7.85. The second-order valence-corrected chi connectivity index (χ2v) is 5.74. The summed E-state index contributed by atoms with van der Waals surface area (Å²) in [6.45, 7) is 3.68. The average molecular weight is 260 g/mol. The van der Waals surface area contributed by atoms with Crippen molar-refractivity contribution in [2.75, 3.05) is 0 Å². The highest BCUT2D eigenvalue weighted by Crippen LogP contribution is 2.24. The van der Waals surface area contributed by atoms with E-state index in [9.17, 15) is 9.32 Å². The minimum absolute atomic E-state index is 0.615. The van der Waals surface area contributed by atoms with Crippen molar-refractivity contribution in [3.63, 3.8) is 0 Å². The molecule has 0 radical (unpaired) electrons. The molecular weight excluding hydrogens is 244 g/mol. The lowest BCUT2D eigenvalue weighted by atomic mass is 10.1. The van der Waals surface area contributed by atoms with Gasteiger partial charge in [0.2, 0.25) is 0 Å². The molecule has 2 nitrogen and oxygen atoms in total. The van der Waals surface area contributed by atoms with E-state index in [4.69, 9.17) is 0 Å². The third kappa shape index (κ3) is 2.68. The first-order valence-corrected chi connectivity index (χ1v) is 7.00. The fourth-order valence-corrected chi connectivity index (χ4v) is 3.08. The molecule has 3 heteroatoms. The van der Waals surface area contributed by atoms with E-state index in [2.05, 4.69) is 0 Å². The fourth-order valence-electron chi connectivity index (χ4n) is 1.78. The molecule has 0 aromatic heterocycles. The molecule has 0 aliphatic carbocycles.